The molecule has 0 unspecified atom stereocenters. The highest BCUT2D eigenvalue weighted by Crippen LogP contribution is 2.14. The molecule has 1 amide bonds. The fourth-order valence-corrected chi connectivity index (χ4v) is 3.45. The minimum Gasteiger partial charge on any atom is -0.351 e. The summed E-state index contributed by atoms with van der Waals surface area (Å²) in [6.07, 6.45) is 0. The molecule has 0 radical (unpaired) electrons. The fourth-order valence-electron chi connectivity index (χ4n) is 3.45. The molecular weight excluding hydrogens is 397 g/mol. The Hall–Kier alpha value is -1.60. The molecule has 1 saturated heterocycles. The molecule has 2 heterocycles. The van der Waals surface area contributed by atoms with E-state index in [-0.39, 0.29) is 30.7 Å². The highest BCUT2D eigenvalue weighted by atomic mass is 35.5. The van der Waals surface area contributed by atoms with Crippen molar-refractivity contribution in [1.29, 1.82) is 0 Å². The van der Waals surface area contributed by atoms with Gasteiger partial charge in [0, 0.05) is 43.5 Å². The van der Waals surface area contributed by atoms with Gasteiger partial charge in [-0.15, -0.1) is 24.8 Å². The van der Waals surface area contributed by atoms with Crippen LogP contribution in [0.25, 0.3) is 0 Å². The van der Waals surface area contributed by atoms with Gasteiger partial charge in [-0.1, -0.05) is 30.3 Å². The molecule has 1 aliphatic rings. The monoisotopic (exact) mass is 427 g/mol. The number of amides is 1. The SMILES string of the molecule is Cc1nn(Cc2ccccc2)c(C)c1CNC(=O)CN1CCNC[C@@H]1C.Cl.Cl. The van der Waals surface area contributed by atoms with Gasteiger partial charge in [0.15, 0.2) is 0 Å². The van der Waals surface area contributed by atoms with Crippen molar-refractivity contribution >= 4 is 30.7 Å². The van der Waals surface area contributed by atoms with E-state index >= 15 is 0 Å². The summed E-state index contributed by atoms with van der Waals surface area (Å²) < 4.78 is 2.02. The fraction of sp³-hybridized carbons (Fsp3) is 0.500. The predicted molar refractivity (Wildman–Crippen MR) is 117 cm³/mol. The van der Waals surface area contributed by atoms with Gasteiger partial charge in [-0.2, -0.15) is 5.10 Å². The average molecular weight is 428 g/mol. The van der Waals surface area contributed by atoms with Crippen LogP contribution in [0, 0.1) is 13.8 Å². The summed E-state index contributed by atoms with van der Waals surface area (Å²) in [6, 6.07) is 10.7. The van der Waals surface area contributed by atoms with E-state index in [0.29, 0.717) is 19.1 Å². The first-order valence-corrected chi connectivity index (χ1v) is 9.33. The van der Waals surface area contributed by atoms with Crippen LogP contribution in [0.15, 0.2) is 30.3 Å². The molecule has 3 rings (SSSR count). The Balaban J connectivity index is 0.00000196. The molecule has 28 heavy (non-hydrogen) atoms. The molecule has 1 aromatic heterocycles. The molecule has 1 aliphatic heterocycles. The molecule has 0 bridgehead atoms. The van der Waals surface area contributed by atoms with Crippen LogP contribution in [0.4, 0.5) is 0 Å². The molecule has 2 N–H and O–H groups in total. The maximum absolute atomic E-state index is 12.4. The van der Waals surface area contributed by atoms with Crippen LogP contribution in [0.2, 0.25) is 0 Å². The van der Waals surface area contributed by atoms with Crippen LogP contribution in [-0.4, -0.2) is 52.8 Å². The number of carbonyl (C=O) groups excluding carboxylic acids is 1. The number of benzene rings is 1. The van der Waals surface area contributed by atoms with Gasteiger partial charge < -0.3 is 10.6 Å². The first-order valence-electron chi connectivity index (χ1n) is 9.33. The molecule has 0 spiro atoms. The molecule has 0 aliphatic carbocycles. The Kier molecular flexibility index (Phi) is 9.96. The zero-order valence-electron chi connectivity index (χ0n) is 16.8. The molecule has 1 fully saturated rings. The quantitative estimate of drug-likeness (QED) is 0.742. The number of hydrogen-bond donors (Lipinski definition) is 2. The lowest BCUT2D eigenvalue weighted by atomic mass is 10.2. The van der Waals surface area contributed by atoms with Gasteiger partial charge in [-0.25, -0.2) is 0 Å². The number of aryl methyl sites for hydroxylation is 1. The molecule has 6 nitrogen and oxygen atoms in total. The second-order valence-corrected chi connectivity index (χ2v) is 7.09. The van der Waals surface area contributed by atoms with E-state index in [1.807, 2.05) is 29.8 Å². The maximum Gasteiger partial charge on any atom is 0.234 e. The maximum atomic E-state index is 12.4. The molecule has 8 heteroatoms. The van der Waals surface area contributed by atoms with Crippen molar-refractivity contribution < 1.29 is 4.79 Å². The van der Waals surface area contributed by atoms with E-state index in [0.717, 1.165) is 43.1 Å². The Morgan fingerprint density at radius 1 is 1.25 bits per heavy atom. The third-order valence-electron chi connectivity index (χ3n) is 5.15. The average Bonchev–Trinajstić information content (AvgIpc) is 2.89. The zero-order valence-corrected chi connectivity index (χ0v) is 18.4. The number of halogens is 2. The lowest BCUT2D eigenvalue weighted by Crippen LogP contribution is -2.52. The number of piperazine rings is 1. The number of nitrogens with zero attached hydrogens (tertiary/aromatic N) is 3. The van der Waals surface area contributed by atoms with Gasteiger partial charge in [0.05, 0.1) is 18.8 Å². The molecular formula is C20H31Cl2N5O. The lowest BCUT2D eigenvalue weighted by molar-refractivity contribution is -0.123. The van der Waals surface area contributed by atoms with Crippen LogP contribution < -0.4 is 10.6 Å². The van der Waals surface area contributed by atoms with Crippen LogP contribution in [0.5, 0.6) is 0 Å². The van der Waals surface area contributed by atoms with Gasteiger partial charge >= 0.3 is 0 Å². The lowest BCUT2D eigenvalue weighted by Gasteiger charge is -2.33. The Labute approximate surface area is 179 Å². The summed E-state index contributed by atoms with van der Waals surface area (Å²) in [6.45, 7) is 10.8. The number of rotatable bonds is 6. The number of aromatic nitrogens is 2. The first-order chi connectivity index (χ1) is 12.5. The smallest absolute Gasteiger partial charge is 0.234 e. The van der Waals surface area contributed by atoms with Crippen LogP contribution in [0.3, 0.4) is 0 Å². The minimum absolute atomic E-state index is 0. The predicted octanol–water partition coefficient (Wildman–Crippen LogP) is 2.30. The van der Waals surface area contributed by atoms with Crippen molar-refractivity contribution in [3.8, 4) is 0 Å². The highest BCUT2D eigenvalue weighted by Gasteiger charge is 2.20. The summed E-state index contributed by atoms with van der Waals surface area (Å²) in [4.78, 5) is 14.6. The van der Waals surface area contributed by atoms with E-state index in [9.17, 15) is 4.79 Å². The van der Waals surface area contributed by atoms with Crippen molar-refractivity contribution in [3.63, 3.8) is 0 Å². The van der Waals surface area contributed by atoms with Gasteiger partial charge in [0.25, 0.3) is 0 Å². The van der Waals surface area contributed by atoms with Gasteiger partial charge in [-0.05, 0) is 26.3 Å². The van der Waals surface area contributed by atoms with Crippen LogP contribution in [-0.2, 0) is 17.9 Å². The summed E-state index contributed by atoms with van der Waals surface area (Å²) in [5.41, 5.74) is 4.43. The second-order valence-electron chi connectivity index (χ2n) is 7.09. The summed E-state index contributed by atoms with van der Waals surface area (Å²) in [5, 5.41) is 11.1. The topological polar surface area (TPSA) is 62.2 Å². The Morgan fingerprint density at radius 3 is 2.64 bits per heavy atom. The number of hydrogen-bond acceptors (Lipinski definition) is 4. The zero-order chi connectivity index (χ0) is 18.5. The number of nitrogens with one attached hydrogen (secondary N) is 2. The third kappa shape index (κ3) is 6.21. The third-order valence-corrected chi connectivity index (χ3v) is 5.15. The summed E-state index contributed by atoms with van der Waals surface area (Å²) in [5.74, 6) is 0.0772. The second kappa shape index (κ2) is 11.4. The molecule has 156 valence electrons. The Bertz CT molecular complexity index is 751. The normalized spacial score (nSPS) is 16.8. The van der Waals surface area contributed by atoms with Crippen LogP contribution in [0.1, 0.15) is 29.4 Å². The van der Waals surface area contributed by atoms with Crippen molar-refractivity contribution in [2.75, 3.05) is 26.2 Å². The van der Waals surface area contributed by atoms with Crippen molar-refractivity contribution in [2.45, 2.75) is 39.9 Å². The van der Waals surface area contributed by atoms with Gasteiger partial charge in [0.2, 0.25) is 5.91 Å². The van der Waals surface area contributed by atoms with Crippen LogP contribution >= 0.6 is 24.8 Å². The van der Waals surface area contributed by atoms with E-state index < -0.39 is 0 Å². The molecule has 2 aromatic rings. The molecule has 0 saturated carbocycles. The number of carbonyl (C=O) groups is 1. The first kappa shape index (κ1) is 24.4. The van der Waals surface area contributed by atoms with E-state index in [1.165, 1.54) is 5.56 Å². The molecule has 1 aromatic carbocycles. The van der Waals surface area contributed by atoms with Crippen molar-refractivity contribution in [1.82, 2.24) is 25.3 Å². The van der Waals surface area contributed by atoms with Gasteiger partial charge in [0.1, 0.15) is 0 Å². The van der Waals surface area contributed by atoms with E-state index in [4.69, 9.17) is 0 Å². The summed E-state index contributed by atoms with van der Waals surface area (Å²) >= 11 is 0. The largest absolute Gasteiger partial charge is 0.351 e. The summed E-state index contributed by atoms with van der Waals surface area (Å²) in [7, 11) is 0. The van der Waals surface area contributed by atoms with E-state index in [2.05, 4.69) is 46.6 Å². The van der Waals surface area contributed by atoms with Crippen molar-refractivity contribution in [3.05, 3.63) is 52.8 Å². The standard InChI is InChI=1S/C20H29N5O.2ClH/c1-15-11-21-9-10-24(15)14-20(26)22-12-19-16(2)23-25(17(19)3)13-18-7-5-4-6-8-18;;/h4-8,15,21H,9-14H2,1-3H3,(H,22,26);2*1H/t15-;;/m0../s1. The minimum atomic E-state index is 0. The van der Waals surface area contributed by atoms with Gasteiger partial charge in [-0.3, -0.25) is 14.4 Å². The van der Waals surface area contributed by atoms with E-state index in [1.54, 1.807) is 0 Å². The highest BCUT2D eigenvalue weighted by molar-refractivity contribution is 5.85. The van der Waals surface area contributed by atoms with Crippen molar-refractivity contribution in [2.24, 2.45) is 0 Å². The molecule has 1 atom stereocenters. The Morgan fingerprint density at radius 2 is 1.96 bits per heavy atom.